The lowest BCUT2D eigenvalue weighted by Gasteiger charge is -2.15. The monoisotopic (exact) mass is 249 g/mol. The number of rotatable bonds is 5. The van der Waals surface area contributed by atoms with Gasteiger partial charge in [-0.2, -0.15) is 0 Å². The molecule has 4 heteroatoms. The fraction of sp³-hybridized carbons (Fsp3) is 0.643. The van der Waals surface area contributed by atoms with Crippen molar-refractivity contribution in [3.63, 3.8) is 0 Å². The van der Waals surface area contributed by atoms with E-state index >= 15 is 0 Å². The van der Waals surface area contributed by atoms with Crippen LogP contribution >= 0.6 is 0 Å². The summed E-state index contributed by atoms with van der Waals surface area (Å²) in [5, 5.41) is 3.55. The molecule has 1 heterocycles. The highest BCUT2D eigenvalue weighted by molar-refractivity contribution is 5.73. The second kappa shape index (κ2) is 6.05. The minimum absolute atomic E-state index is 0.234. The van der Waals surface area contributed by atoms with Crippen LogP contribution in [0.4, 0.5) is 0 Å². The molecule has 4 nitrogen and oxygen atoms in total. The summed E-state index contributed by atoms with van der Waals surface area (Å²) in [6, 6.07) is 0.474. The molecule has 0 radical (unpaired) electrons. The lowest BCUT2D eigenvalue weighted by atomic mass is 10.0. The highest BCUT2D eigenvalue weighted by Crippen LogP contribution is 2.29. The van der Waals surface area contributed by atoms with Gasteiger partial charge in [-0.3, -0.25) is 4.79 Å². The molecule has 0 fully saturated rings. The third kappa shape index (κ3) is 3.13. The Morgan fingerprint density at radius 1 is 1.50 bits per heavy atom. The van der Waals surface area contributed by atoms with Crippen LogP contribution in [0.25, 0.3) is 0 Å². The SMILES string of the molecule is CCNC1CCCCc2cn(CCC(N)=O)cc21. The number of nitrogens with one attached hydrogen (secondary N) is 1. The number of hydrogen-bond acceptors (Lipinski definition) is 2. The van der Waals surface area contributed by atoms with Crippen LogP contribution in [-0.2, 0) is 17.8 Å². The molecular formula is C14H23N3O. The Balaban J connectivity index is 2.13. The maximum absolute atomic E-state index is 10.8. The first-order valence-electron chi connectivity index (χ1n) is 6.91. The van der Waals surface area contributed by atoms with Crippen molar-refractivity contribution in [2.45, 2.75) is 51.6 Å². The van der Waals surface area contributed by atoms with E-state index in [4.69, 9.17) is 5.73 Å². The quantitative estimate of drug-likeness (QED) is 0.781. The molecule has 1 atom stereocenters. The van der Waals surface area contributed by atoms with Gasteiger partial charge in [-0.15, -0.1) is 0 Å². The van der Waals surface area contributed by atoms with Gasteiger partial charge in [0.2, 0.25) is 5.91 Å². The number of fused-ring (bicyclic) bond motifs is 1. The molecule has 0 aromatic carbocycles. The second-order valence-corrected chi connectivity index (χ2v) is 5.05. The summed E-state index contributed by atoms with van der Waals surface area (Å²) in [5.41, 5.74) is 8.05. The first-order chi connectivity index (χ1) is 8.70. The van der Waals surface area contributed by atoms with E-state index in [0.717, 1.165) is 13.0 Å². The third-order valence-corrected chi connectivity index (χ3v) is 3.63. The van der Waals surface area contributed by atoms with E-state index in [1.807, 2.05) is 0 Å². The average Bonchev–Trinajstić information content (AvgIpc) is 2.65. The van der Waals surface area contributed by atoms with Gasteiger partial charge in [0.25, 0.3) is 0 Å². The van der Waals surface area contributed by atoms with E-state index in [2.05, 4.69) is 29.2 Å². The smallest absolute Gasteiger partial charge is 0.219 e. The van der Waals surface area contributed by atoms with Crippen LogP contribution in [0.5, 0.6) is 0 Å². The van der Waals surface area contributed by atoms with Crippen molar-refractivity contribution in [3.8, 4) is 0 Å². The molecule has 1 amide bonds. The molecule has 0 saturated heterocycles. The molecule has 1 aliphatic carbocycles. The van der Waals surface area contributed by atoms with Gasteiger partial charge in [0.05, 0.1) is 0 Å². The number of nitrogens with two attached hydrogens (primary N) is 1. The third-order valence-electron chi connectivity index (χ3n) is 3.63. The maximum atomic E-state index is 10.8. The number of hydrogen-bond donors (Lipinski definition) is 2. The Morgan fingerprint density at radius 3 is 3.06 bits per heavy atom. The van der Waals surface area contributed by atoms with Crippen molar-refractivity contribution in [2.75, 3.05) is 6.54 Å². The predicted octanol–water partition coefficient (Wildman–Crippen LogP) is 1.74. The van der Waals surface area contributed by atoms with Gasteiger partial charge >= 0.3 is 0 Å². The lowest BCUT2D eigenvalue weighted by Crippen LogP contribution is -2.20. The molecule has 1 aromatic rings. The van der Waals surface area contributed by atoms with Gasteiger partial charge in [-0.05, 0) is 36.9 Å². The van der Waals surface area contributed by atoms with Crippen molar-refractivity contribution < 1.29 is 4.79 Å². The molecule has 2 rings (SSSR count). The Labute approximate surface area is 109 Å². The topological polar surface area (TPSA) is 60.1 Å². The number of aromatic nitrogens is 1. The average molecular weight is 249 g/mol. The Morgan fingerprint density at radius 2 is 2.33 bits per heavy atom. The van der Waals surface area contributed by atoms with Crippen LogP contribution in [0.3, 0.4) is 0 Å². The Kier molecular flexibility index (Phi) is 4.42. The molecule has 0 spiro atoms. The number of aryl methyl sites for hydroxylation is 2. The van der Waals surface area contributed by atoms with E-state index in [9.17, 15) is 4.79 Å². The zero-order chi connectivity index (χ0) is 13.0. The molecule has 1 aromatic heterocycles. The molecule has 100 valence electrons. The standard InChI is InChI=1S/C14H23N3O/c1-2-16-13-6-4-3-5-11-9-17(10-12(11)13)8-7-14(15)18/h9-10,13,16H,2-8H2,1H3,(H2,15,18). The normalized spacial score (nSPS) is 19.3. The van der Waals surface area contributed by atoms with E-state index in [-0.39, 0.29) is 5.91 Å². The molecular weight excluding hydrogens is 226 g/mol. The van der Waals surface area contributed by atoms with E-state index < -0.39 is 0 Å². The Bertz CT molecular complexity index is 411. The number of carbonyl (C=O) groups is 1. The zero-order valence-corrected chi connectivity index (χ0v) is 11.1. The zero-order valence-electron chi connectivity index (χ0n) is 11.1. The van der Waals surface area contributed by atoms with Crippen molar-refractivity contribution in [2.24, 2.45) is 5.73 Å². The van der Waals surface area contributed by atoms with Crippen LogP contribution < -0.4 is 11.1 Å². The van der Waals surface area contributed by atoms with Crippen molar-refractivity contribution in [1.29, 1.82) is 0 Å². The summed E-state index contributed by atoms with van der Waals surface area (Å²) in [7, 11) is 0. The molecule has 0 saturated carbocycles. The van der Waals surface area contributed by atoms with Gasteiger partial charge in [-0.25, -0.2) is 0 Å². The minimum atomic E-state index is -0.234. The lowest BCUT2D eigenvalue weighted by molar-refractivity contribution is -0.118. The second-order valence-electron chi connectivity index (χ2n) is 5.05. The maximum Gasteiger partial charge on any atom is 0.219 e. The summed E-state index contributed by atoms with van der Waals surface area (Å²) in [5.74, 6) is -0.234. The summed E-state index contributed by atoms with van der Waals surface area (Å²) in [4.78, 5) is 10.8. The fourth-order valence-electron chi connectivity index (χ4n) is 2.74. The molecule has 1 aliphatic rings. The minimum Gasteiger partial charge on any atom is -0.370 e. The number of carbonyl (C=O) groups excluding carboxylic acids is 1. The number of primary amides is 1. The van der Waals surface area contributed by atoms with E-state index in [0.29, 0.717) is 19.0 Å². The first-order valence-corrected chi connectivity index (χ1v) is 6.91. The molecule has 1 unspecified atom stereocenters. The van der Waals surface area contributed by atoms with E-state index in [1.54, 1.807) is 0 Å². The van der Waals surface area contributed by atoms with E-state index in [1.165, 1.54) is 30.4 Å². The van der Waals surface area contributed by atoms with Crippen molar-refractivity contribution in [3.05, 3.63) is 23.5 Å². The highest BCUT2D eigenvalue weighted by Gasteiger charge is 2.19. The summed E-state index contributed by atoms with van der Waals surface area (Å²) < 4.78 is 2.12. The van der Waals surface area contributed by atoms with Crippen LogP contribution in [0.1, 0.15) is 49.8 Å². The van der Waals surface area contributed by atoms with Gasteiger partial charge in [0.1, 0.15) is 0 Å². The van der Waals surface area contributed by atoms with Gasteiger partial charge in [0, 0.05) is 31.4 Å². The molecule has 0 bridgehead atoms. The van der Waals surface area contributed by atoms with Crippen molar-refractivity contribution in [1.82, 2.24) is 9.88 Å². The van der Waals surface area contributed by atoms with Gasteiger partial charge in [-0.1, -0.05) is 13.3 Å². The fourth-order valence-corrected chi connectivity index (χ4v) is 2.74. The molecule has 0 aliphatic heterocycles. The molecule has 3 N–H and O–H groups in total. The summed E-state index contributed by atoms with van der Waals surface area (Å²) in [6.45, 7) is 3.84. The number of nitrogens with zero attached hydrogens (tertiary/aromatic N) is 1. The van der Waals surface area contributed by atoms with Crippen molar-refractivity contribution >= 4 is 5.91 Å². The first kappa shape index (κ1) is 13.1. The van der Waals surface area contributed by atoms with Crippen LogP contribution in [-0.4, -0.2) is 17.0 Å². The summed E-state index contributed by atoms with van der Waals surface area (Å²) in [6.07, 6.45) is 9.70. The highest BCUT2D eigenvalue weighted by atomic mass is 16.1. The summed E-state index contributed by atoms with van der Waals surface area (Å²) >= 11 is 0. The van der Waals surface area contributed by atoms with Crippen LogP contribution in [0.2, 0.25) is 0 Å². The largest absolute Gasteiger partial charge is 0.370 e. The predicted molar refractivity (Wildman–Crippen MR) is 72.2 cm³/mol. The number of amides is 1. The van der Waals surface area contributed by atoms with Crippen LogP contribution in [0.15, 0.2) is 12.4 Å². The van der Waals surface area contributed by atoms with Gasteiger partial charge < -0.3 is 15.6 Å². The van der Waals surface area contributed by atoms with Gasteiger partial charge in [0.15, 0.2) is 0 Å². The Hall–Kier alpha value is -1.29. The van der Waals surface area contributed by atoms with Crippen LogP contribution in [0, 0.1) is 0 Å². The molecule has 18 heavy (non-hydrogen) atoms.